The van der Waals surface area contributed by atoms with E-state index in [1.807, 2.05) is 0 Å². The first-order chi connectivity index (χ1) is 3.93. The zero-order chi connectivity index (χ0) is 5.82. The Bertz CT molecular complexity index is 149. The van der Waals surface area contributed by atoms with E-state index in [2.05, 4.69) is 10.2 Å². The zero-order valence-electron chi connectivity index (χ0n) is 4.33. The monoisotopic (exact) mass is 108 g/mol. The predicted octanol–water partition coefficient (Wildman–Crippen LogP) is 1.03. The Kier molecular flexibility index (Phi) is 1.54. The minimum absolute atomic E-state index is 0.216. The van der Waals surface area contributed by atoms with Crippen molar-refractivity contribution in [2.45, 2.75) is 6.54 Å². The molecule has 0 saturated carbocycles. The predicted molar refractivity (Wildman–Crippen MR) is 30.1 cm³/mol. The molecule has 0 fully saturated rings. The van der Waals surface area contributed by atoms with Crippen molar-refractivity contribution in [3.05, 3.63) is 29.8 Å². The summed E-state index contributed by atoms with van der Waals surface area (Å²) in [6.07, 6.45) is 1.60. The Morgan fingerprint density at radius 1 is 1.62 bits per heavy atom. The molecule has 8 heavy (non-hydrogen) atoms. The smallest absolute Gasteiger partial charge is 0.0496 e. The number of rotatable bonds is 1. The van der Waals surface area contributed by atoms with Crippen LogP contribution in [0.4, 0.5) is 0 Å². The van der Waals surface area contributed by atoms with Gasteiger partial charge >= 0.3 is 0 Å². The lowest BCUT2D eigenvalue weighted by Gasteiger charge is -1.95. The lowest BCUT2D eigenvalue weighted by atomic mass is 10.4. The molecule has 3 nitrogen and oxygen atoms in total. The van der Waals surface area contributed by atoms with E-state index in [1.165, 1.54) is 0 Å². The van der Waals surface area contributed by atoms with E-state index in [-0.39, 0.29) is 6.54 Å². The molecule has 0 radical (unpaired) electrons. The summed E-state index contributed by atoms with van der Waals surface area (Å²) in [5.74, 6) is 0. The average molecular weight is 108 g/mol. The highest BCUT2D eigenvalue weighted by Crippen LogP contribution is 1.89. The van der Waals surface area contributed by atoms with Gasteiger partial charge in [0.05, 0.1) is 0 Å². The van der Waals surface area contributed by atoms with Gasteiger partial charge in [0.15, 0.2) is 0 Å². The van der Waals surface area contributed by atoms with Gasteiger partial charge in [0.25, 0.3) is 0 Å². The molecular formula is C5H6N3-. The molecule has 0 unspecified atom stereocenters. The molecule has 0 bridgehead atoms. The molecule has 42 valence electrons. The standard InChI is InChI=1S/C5H6N3/c6-4-5-2-1-3-7-8-5/h1-3,6H,4H2/q-1. The maximum atomic E-state index is 6.84. The molecule has 1 N–H and O–H groups in total. The summed E-state index contributed by atoms with van der Waals surface area (Å²) in [5.41, 5.74) is 7.56. The van der Waals surface area contributed by atoms with Crippen molar-refractivity contribution >= 4 is 0 Å². The van der Waals surface area contributed by atoms with E-state index in [0.717, 1.165) is 0 Å². The summed E-state index contributed by atoms with van der Waals surface area (Å²) in [7, 11) is 0. The highest BCUT2D eigenvalue weighted by molar-refractivity contribution is 4.99. The van der Waals surface area contributed by atoms with Gasteiger partial charge in [-0.2, -0.15) is 10.2 Å². The van der Waals surface area contributed by atoms with Gasteiger partial charge in [-0.3, -0.25) is 0 Å². The van der Waals surface area contributed by atoms with E-state index in [4.69, 9.17) is 5.73 Å². The van der Waals surface area contributed by atoms with Gasteiger partial charge in [-0.05, 0) is 12.1 Å². The van der Waals surface area contributed by atoms with Crippen LogP contribution in [0.2, 0.25) is 0 Å². The molecular weight excluding hydrogens is 102 g/mol. The van der Waals surface area contributed by atoms with Crippen molar-refractivity contribution in [2.75, 3.05) is 0 Å². The van der Waals surface area contributed by atoms with Crippen molar-refractivity contribution in [3.8, 4) is 0 Å². The number of nitrogens with zero attached hydrogens (tertiary/aromatic N) is 2. The van der Waals surface area contributed by atoms with Crippen molar-refractivity contribution in [1.82, 2.24) is 10.2 Å². The summed E-state index contributed by atoms with van der Waals surface area (Å²) in [5, 5.41) is 7.25. The molecule has 0 aliphatic carbocycles. The second-order valence-electron chi connectivity index (χ2n) is 1.39. The fourth-order valence-corrected chi connectivity index (χ4v) is 0.428. The van der Waals surface area contributed by atoms with Crippen molar-refractivity contribution < 1.29 is 0 Å². The number of hydrogen-bond donors (Lipinski definition) is 0. The molecule has 0 spiro atoms. The zero-order valence-corrected chi connectivity index (χ0v) is 4.33. The van der Waals surface area contributed by atoms with Gasteiger partial charge in [0, 0.05) is 11.9 Å². The number of hydrogen-bond acceptors (Lipinski definition) is 2. The first-order valence-corrected chi connectivity index (χ1v) is 2.34. The van der Waals surface area contributed by atoms with Gasteiger partial charge in [-0.25, -0.2) is 0 Å². The molecule has 1 heterocycles. The van der Waals surface area contributed by atoms with Crippen LogP contribution < -0.4 is 0 Å². The van der Waals surface area contributed by atoms with Gasteiger partial charge in [0.2, 0.25) is 0 Å². The normalized spacial score (nSPS) is 9.12. The lowest BCUT2D eigenvalue weighted by Crippen LogP contribution is -1.85. The third kappa shape index (κ3) is 1.01. The summed E-state index contributed by atoms with van der Waals surface area (Å²) in [4.78, 5) is 0. The second kappa shape index (κ2) is 2.37. The first kappa shape index (κ1) is 5.18. The summed E-state index contributed by atoms with van der Waals surface area (Å²) >= 11 is 0. The van der Waals surface area contributed by atoms with Crippen LogP contribution in [0.1, 0.15) is 5.69 Å². The van der Waals surface area contributed by atoms with Gasteiger partial charge in [0.1, 0.15) is 0 Å². The van der Waals surface area contributed by atoms with Gasteiger partial charge in [-0.15, -0.1) is 6.54 Å². The van der Waals surface area contributed by atoms with Crippen LogP contribution in [-0.2, 0) is 6.54 Å². The van der Waals surface area contributed by atoms with Gasteiger partial charge < -0.3 is 5.73 Å². The minimum atomic E-state index is 0.216. The van der Waals surface area contributed by atoms with E-state index in [0.29, 0.717) is 5.69 Å². The fourth-order valence-electron chi connectivity index (χ4n) is 0.428. The van der Waals surface area contributed by atoms with Crippen molar-refractivity contribution in [1.29, 1.82) is 0 Å². The molecule has 0 aromatic carbocycles. The first-order valence-electron chi connectivity index (χ1n) is 2.34. The fraction of sp³-hybridized carbons (Fsp3) is 0.200. The maximum Gasteiger partial charge on any atom is 0.0496 e. The van der Waals surface area contributed by atoms with E-state index in [9.17, 15) is 0 Å². The van der Waals surface area contributed by atoms with Gasteiger partial charge in [-0.1, -0.05) is 0 Å². The van der Waals surface area contributed by atoms with Crippen LogP contribution in [0.25, 0.3) is 5.73 Å². The van der Waals surface area contributed by atoms with E-state index < -0.39 is 0 Å². The molecule has 1 aromatic heterocycles. The van der Waals surface area contributed by atoms with Crippen LogP contribution in [-0.4, -0.2) is 10.2 Å². The molecule has 0 aliphatic rings. The molecule has 3 heteroatoms. The highest BCUT2D eigenvalue weighted by Gasteiger charge is 1.78. The van der Waals surface area contributed by atoms with Crippen LogP contribution in [0, 0.1) is 0 Å². The summed E-state index contributed by atoms with van der Waals surface area (Å²) in [6.45, 7) is 0.216. The van der Waals surface area contributed by atoms with E-state index in [1.54, 1.807) is 18.3 Å². The van der Waals surface area contributed by atoms with Crippen LogP contribution in [0.3, 0.4) is 0 Å². The Hall–Kier alpha value is -0.960. The Morgan fingerprint density at radius 3 is 2.88 bits per heavy atom. The summed E-state index contributed by atoms with van der Waals surface area (Å²) in [6, 6.07) is 3.55. The molecule has 1 rings (SSSR count). The number of nitrogens with one attached hydrogen (secondary N) is 1. The SMILES string of the molecule is [NH-]Cc1cccnn1. The maximum absolute atomic E-state index is 6.84. The lowest BCUT2D eigenvalue weighted by molar-refractivity contribution is 0.950. The third-order valence-corrected chi connectivity index (χ3v) is 0.809. The molecule has 0 amide bonds. The van der Waals surface area contributed by atoms with Crippen molar-refractivity contribution in [2.24, 2.45) is 0 Å². The average Bonchev–Trinajstić information content (AvgIpc) is 1.90. The minimum Gasteiger partial charge on any atom is -0.672 e. The quantitative estimate of drug-likeness (QED) is 0.539. The molecule has 0 aliphatic heterocycles. The van der Waals surface area contributed by atoms with Crippen LogP contribution >= 0.6 is 0 Å². The van der Waals surface area contributed by atoms with E-state index >= 15 is 0 Å². The second-order valence-corrected chi connectivity index (χ2v) is 1.39. The molecule has 0 saturated heterocycles. The van der Waals surface area contributed by atoms with Crippen LogP contribution in [0.15, 0.2) is 18.3 Å². The molecule has 0 atom stereocenters. The topological polar surface area (TPSA) is 49.6 Å². The Balaban J connectivity index is 2.83. The number of aromatic nitrogens is 2. The van der Waals surface area contributed by atoms with Crippen molar-refractivity contribution in [3.63, 3.8) is 0 Å². The Labute approximate surface area is 47.5 Å². The molecule has 1 aromatic rings. The highest BCUT2D eigenvalue weighted by atomic mass is 15.1. The third-order valence-electron chi connectivity index (χ3n) is 0.809. The summed E-state index contributed by atoms with van der Waals surface area (Å²) < 4.78 is 0. The van der Waals surface area contributed by atoms with Crippen LogP contribution in [0.5, 0.6) is 0 Å². The largest absolute Gasteiger partial charge is 0.672 e. The Morgan fingerprint density at radius 2 is 2.50 bits per heavy atom.